The number of methoxy groups -OCH3 is 1. The second-order valence-electron chi connectivity index (χ2n) is 6.58. The molecule has 0 unspecified atom stereocenters. The smallest absolute Gasteiger partial charge is 0.161 e. The molecule has 3 rings (SSSR count). The van der Waals surface area contributed by atoms with E-state index in [1.807, 2.05) is 37.3 Å². The molecule has 5 heteroatoms. The number of likely N-dealkylation sites (tertiary alicyclic amines) is 1. The van der Waals surface area contributed by atoms with Gasteiger partial charge in [-0.1, -0.05) is 18.2 Å². The molecule has 2 atom stereocenters. The minimum atomic E-state index is -0.533. The Labute approximate surface area is 159 Å². The number of β-amino-alcohol motifs (C(OH)–C–C–N with tert-alkyl or cyclic N) is 1. The lowest BCUT2D eigenvalue weighted by atomic mass is 10.1. The molecule has 0 radical (unpaired) electrons. The molecule has 1 fully saturated rings. The number of benzene rings is 1. The first-order valence-corrected chi connectivity index (χ1v) is 10.0. The van der Waals surface area contributed by atoms with E-state index in [1.165, 1.54) is 12.0 Å². The standard InChI is InChI=1S/C21H27NO3S/c1-3-5-16-7-8-20(21(12-16)24-2)25-14-18(23)13-22-10-4-6-19(22)17-9-11-26-15-17/h3,5,7-9,11-12,15,18-19,23H,4,6,10,13-14H2,1-2H3/b5-3-/t18-,19-/m1/s1. The van der Waals surface area contributed by atoms with Crippen LogP contribution < -0.4 is 9.47 Å². The van der Waals surface area contributed by atoms with Crippen molar-refractivity contribution in [1.82, 2.24) is 4.90 Å². The van der Waals surface area contributed by atoms with E-state index < -0.39 is 6.10 Å². The summed E-state index contributed by atoms with van der Waals surface area (Å²) in [6.07, 6.45) is 5.80. The quantitative estimate of drug-likeness (QED) is 0.746. The summed E-state index contributed by atoms with van der Waals surface area (Å²) in [7, 11) is 1.63. The van der Waals surface area contributed by atoms with Crippen molar-refractivity contribution in [3.63, 3.8) is 0 Å². The van der Waals surface area contributed by atoms with Crippen LogP contribution in [0.5, 0.6) is 11.5 Å². The molecular weight excluding hydrogens is 346 g/mol. The van der Waals surface area contributed by atoms with Crippen LogP contribution in [0.3, 0.4) is 0 Å². The van der Waals surface area contributed by atoms with Crippen LogP contribution in [-0.4, -0.2) is 42.9 Å². The van der Waals surface area contributed by atoms with E-state index in [1.54, 1.807) is 18.4 Å². The highest BCUT2D eigenvalue weighted by Gasteiger charge is 2.28. The largest absolute Gasteiger partial charge is 0.493 e. The number of aliphatic hydroxyl groups excluding tert-OH is 1. The van der Waals surface area contributed by atoms with E-state index in [4.69, 9.17) is 9.47 Å². The van der Waals surface area contributed by atoms with Crippen molar-refractivity contribution in [3.8, 4) is 11.5 Å². The lowest BCUT2D eigenvalue weighted by Crippen LogP contribution is -2.35. The van der Waals surface area contributed by atoms with E-state index in [0.717, 1.165) is 18.5 Å². The molecule has 1 aromatic heterocycles. The normalized spacial score (nSPS) is 19.1. The minimum Gasteiger partial charge on any atom is -0.493 e. The third kappa shape index (κ3) is 4.67. The van der Waals surface area contributed by atoms with Gasteiger partial charge < -0.3 is 14.6 Å². The Balaban J connectivity index is 1.56. The van der Waals surface area contributed by atoms with Gasteiger partial charge >= 0.3 is 0 Å². The van der Waals surface area contributed by atoms with Crippen LogP contribution in [0.2, 0.25) is 0 Å². The topological polar surface area (TPSA) is 41.9 Å². The van der Waals surface area contributed by atoms with Gasteiger partial charge in [0, 0.05) is 12.6 Å². The molecule has 0 amide bonds. The number of thiophene rings is 1. The monoisotopic (exact) mass is 373 g/mol. The lowest BCUT2D eigenvalue weighted by Gasteiger charge is -2.26. The molecule has 0 saturated carbocycles. The van der Waals surface area contributed by atoms with Gasteiger partial charge in [-0.25, -0.2) is 0 Å². The van der Waals surface area contributed by atoms with E-state index in [-0.39, 0.29) is 6.61 Å². The van der Waals surface area contributed by atoms with E-state index in [9.17, 15) is 5.11 Å². The van der Waals surface area contributed by atoms with Crippen molar-refractivity contribution in [3.05, 3.63) is 52.2 Å². The summed E-state index contributed by atoms with van der Waals surface area (Å²) in [5.74, 6) is 1.35. The van der Waals surface area contributed by atoms with Crippen molar-refractivity contribution in [2.24, 2.45) is 0 Å². The van der Waals surface area contributed by atoms with Crippen molar-refractivity contribution in [1.29, 1.82) is 0 Å². The third-order valence-corrected chi connectivity index (χ3v) is 5.42. The molecule has 26 heavy (non-hydrogen) atoms. The van der Waals surface area contributed by atoms with Gasteiger partial charge in [0.15, 0.2) is 11.5 Å². The Morgan fingerprint density at radius 1 is 1.35 bits per heavy atom. The molecule has 1 saturated heterocycles. The number of aliphatic hydroxyl groups is 1. The molecule has 1 aliphatic heterocycles. The molecule has 140 valence electrons. The first-order chi connectivity index (χ1) is 12.7. The molecule has 1 aliphatic rings. The maximum atomic E-state index is 10.5. The molecule has 4 nitrogen and oxygen atoms in total. The zero-order chi connectivity index (χ0) is 18.4. The second kappa shape index (κ2) is 9.21. The number of hydrogen-bond acceptors (Lipinski definition) is 5. The predicted molar refractivity (Wildman–Crippen MR) is 107 cm³/mol. The molecule has 2 heterocycles. The van der Waals surface area contributed by atoms with E-state index in [0.29, 0.717) is 24.1 Å². The van der Waals surface area contributed by atoms with Crippen molar-refractivity contribution >= 4 is 17.4 Å². The number of allylic oxidation sites excluding steroid dienone is 1. The Kier molecular flexibility index (Phi) is 6.72. The SMILES string of the molecule is C/C=C\c1ccc(OC[C@H](O)CN2CCC[C@@H]2c2ccsc2)c(OC)c1. The van der Waals surface area contributed by atoms with Crippen LogP contribution in [0, 0.1) is 0 Å². The number of ether oxygens (including phenoxy) is 2. The highest BCUT2D eigenvalue weighted by molar-refractivity contribution is 7.07. The van der Waals surface area contributed by atoms with Gasteiger partial charge in [0.1, 0.15) is 12.7 Å². The van der Waals surface area contributed by atoms with Crippen LogP contribution in [0.4, 0.5) is 0 Å². The minimum absolute atomic E-state index is 0.256. The number of hydrogen-bond donors (Lipinski definition) is 1. The van der Waals surface area contributed by atoms with Gasteiger partial charge in [-0.05, 0) is 66.4 Å². The van der Waals surface area contributed by atoms with Gasteiger partial charge in [-0.15, -0.1) is 0 Å². The van der Waals surface area contributed by atoms with Gasteiger partial charge in [0.2, 0.25) is 0 Å². The van der Waals surface area contributed by atoms with Crippen molar-refractivity contribution in [2.75, 3.05) is 26.8 Å². The second-order valence-corrected chi connectivity index (χ2v) is 7.36. The maximum Gasteiger partial charge on any atom is 0.161 e. The highest BCUT2D eigenvalue weighted by atomic mass is 32.1. The molecule has 1 N–H and O–H groups in total. The summed E-state index contributed by atoms with van der Waals surface area (Å²) < 4.78 is 11.2. The van der Waals surface area contributed by atoms with Crippen LogP contribution in [0.1, 0.15) is 36.9 Å². The van der Waals surface area contributed by atoms with Gasteiger partial charge in [0.05, 0.1) is 7.11 Å². The fraction of sp³-hybridized carbons (Fsp3) is 0.429. The van der Waals surface area contributed by atoms with Crippen LogP contribution in [0.15, 0.2) is 41.1 Å². The van der Waals surface area contributed by atoms with E-state index in [2.05, 4.69) is 21.7 Å². The Hall–Kier alpha value is -1.82. The zero-order valence-corrected chi connectivity index (χ0v) is 16.2. The average Bonchev–Trinajstić information content (AvgIpc) is 3.32. The Morgan fingerprint density at radius 2 is 2.23 bits per heavy atom. The first kappa shape index (κ1) is 19.0. The van der Waals surface area contributed by atoms with Gasteiger partial charge in [0.25, 0.3) is 0 Å². The van der Waals surface area contributed by atoms with Crippen molar-refractivity contribution < 1.29 is 14.6 Å². The molecule has 0 aliphatic carbocycles. The summed E-state index contributed by atoms with van der Waals surface area (Å²) in [6.45, 7) is 3.89. The Morgan fingerprint density at radius 3 is 2.96 bits per heavy atom. The summed E-state index contributed by atoms with van der Waals surface area (Å²) in [6, 6.07) is 8.43. The predicted octanol–water partition coefficient (Wildman–Crippen LogP) is 4.37. The van der Waals surface area contributed by atoms with Gasteiger partial charge in [-0.2, -0.15) is 11.3 Å². The fourth-order valence-electron chi connectivity index (χ4n) is 3.50. The molecule has 0 spiro atoms. The lowest BCUT2D eigenvalue weighted by molar-refractivity contribution is 0.0630. The van der Waals surface area contributed by atoms with Crippen molar-refractivity contribution in [2.45, 2.75) is 31.9 Å². The van der Waals surface area contributed by atoms with Crippen LogP contribution in [-0.2, 0) is 0 Å². The van der Waals surface area contributed by atoms with Crippen LogP contribution >= 0.6 is 11.3 Å². The molecular formula is C21H27NO3S. The summed E-state index contributed by atoms with van der Waals surface area (Å²) in [5.41, 5.74) is 2.43. The third-order valence-electron chi connectivity index (χ3n) is 4.71. The average molecular weight is 374 g/mol. The van der Waals surface area contributed by atoms with E-state index >= 15 is 0 Å². The Bertz CT molecular complexity index is 714. The molecule has 0 bridgehead atoms. The molecule has 2 aromatic rings. The highest BCUT2D eigenvalue weighted by Crippen LogP contribution is 2.33. The van der Waals surface area contributed by atoms with Crippen LogP contribution in [0.25, 0.3) is 6.08 Å². The van der Waals surface area contributed by atoms with Gasteiger partial charge in [-0.3, -0.25) is 4.90 Å². The fourth-order valence-corrected chi connectivity index (χ4v) is 4.20. The first-order valence-electron chi connectivity index (χ1n) is 9.09. The number of nitrogens with zero attached hydrogens (tertiary/aromatic N) is 1. The zero-order valence-electron chi connectivity index (χ0n) is 15.4. The molecule has 1 aromatic carbocycles. The summed E-state index contributed by atoms with van der Waals surface area (Å²) in [4.78, 5) is 2.36. The summed E-state index contributed by atoms with van der Waals surface area (Å²) >= 11 is 1.73. The maximum absolute atomic E-state index is 10.5. The summed E-state index contributed by atoms with van der Waals surface area (Å²) in [5, 5.41) is 14.8. The number of rotatable bonds is 8.